The highest BCUT2D eigenvalue weighted by molar-refractivity contribution is 5.96. The normalized spacial score (nSPS) is 17.9. The second-order valence-electron chi connectivity index (χ2n) is 7.55. The van der Waals surface area contributed by atoms with Gasteiger partial charge in [-0.05, 0) is 49.6 Å². The number of hydrogen-bond donors (Lipinski definition) is 0. The molecule has 0 aliphatic carbocycles. The van der Waals surface area contributed by atoms with Crippen LogP contribution < -0.4 is 9.80 Å². The third kappa shape index (κ3) is 4.33. The summed E-state index contributed by atoms with van der Waals surface area (Å²) < 4.78 is 0. The summed E-state index contributed by atoms with van der Waals surface area (Å²) >= 11 is 0. The van der Waals surface area contributed by atoms with Crippen LogP contribution in [0.15, 0.2) is 54.6 Å². The van der Waals surface area contributed by atoms with Crippen molar-refractivity contribution < 1.29 is 4.79 Å². The van der Waals surface area contributed by atoms with Crippen LogP contribution in [-0.2, 0) is 11.2 Å². The SMILES string of the molecule is O=C1CCc2ccccc2N1CCCCN1CCN(c2ccccc2)CC1. The standard InChI is InChI=1S/C23H29N3O/c27-23-13-12-20-8-4-5-11-22(20)26(23)15-7-6-14-24-16-18-25(19-17-24)21-9-2-1-3-10-21/h1-5,8-11H,6-7,12-19H2. The predicted octanol–water partition coefficient (Wildman–Crippen LogP) is 3.57. The highest BCUT2D eigenvalue weighted by Crippen LogP contribution is 2.27. The number of rotatable bonds is 6. The lowest BCUT2D eigenvalue weighted by atomic mass is 10.0. The molecule has 1 saturated heterocycles. The molecule has 142 valence electrons. The van der Waals surface area contributed by atoms with Crippen LogP contribution in [0.4, 0.5) is 11.4 Å². The highest BCUT2D eigenvalue weighted by atomic mass is 16.2. The van der Waals surface area contributed by atoms with Crippen molar-refractivity contribution in [2.45, 2.75) is 25.7 Å². The number of anilines is 2. The minimum atomic E-state index is 0.283. The molecule has 0 bridgehead atoms. The van der Waals surface area contributed by atoms with Gasteiger partial charge in [-0.1, -0.05) is 36.4 Å². The number of unbranched alkanes of at least 4 members (excludes halogenated alkanes) is 1. The fraction of sp³-hybridized carbons (Fsp3) is 0.435. The van der Waals surface area contributed by atoms with Gasteiger partial charge >= 0.3 is 0 Å². The fourth-order valence-corrected chi connectivity index (χ4v) is 4.22. The maximum atomic E-state index is 12.3. The van der Waals surface area contributed by atoms with Gasteiger partial charge < -0.3 is 9.80 Å². The van der Waals surface area contributed by atoms with E-state index < -0.39 is 0 Å². The number of para-hydroxylation sites is 2. The number of carbonyl (C=O) groups is 1. The Morgan fingerprint density at radius 3 is 2.26 bits per heavy atom. The molecule has 4 rings (SSSR count). The van der Waals surface area contributed by atoms with Crippen molar-refractivity contribution in [2.24, 2.45) is 0 Å². The summed E-state index contributed by atoms with van der Waals surface area (Å²) in [7, 11) is 0. The lowest BCUT2D eigenvalue weighted by Crippen LogP contribution is -2.46. The van der Waals surface area contributed by atoms with Gasteiger partial charge in [0.15, 0.2) is 0 Å². The van der Waals surface area contributed by atoms with Gasteiger partial charge in [-0.25, -0.2) is 0 Å². The zero-order chi connectivity index (χ0) is 18.5. The topological polar surface area (TPSA) is 26.8 Å². The van der Waals surface area contributed by atoms with Crippen LogP contribution in [0.1, 0.15) is 24.8 Å². The van der Waals surface area contributed by atoms with Crippen LogP contribution in [0.25, 0.3) is 0 Å². The number of hydrogen-bond acceptors (Lipinski definition) is 3. The summed E-state index contributed by atoms with van der Waals surface area (Å²) in [5, 5.41) is 0. The molecule has 0 spiro atoms. The number of benzene rings is 2. The minimum absolute atomic E-state index is 0.283. The van der Waals surface area contributed by atoms with Crippen LogP contribution in [0.5, 0.6) is 0 Å². The molecule has 2 aliphatic rings. The molecule has 2 aromatic rings. The maximum Gasteiger partial charge on any atom is 0.227 e. The van der Waals surface area contributed by atoms with Gasteiger partial charge in [0.1, 0.15) is 0 Å². The van der Waals surface area contributed by atoms with E-state index in [4.69, 9.17) is 0 Å². The first-order valence-corrected chi connectivity index (χ1v) is 10.2. The van der Waals surface area contributed by atoms with Gasteiger partial charge in [-0.15, -0.1) is 0 Å². The van der Waals surface area contributed by atoms with Crippen LogP contribution in [0.3, 0.4) is 0 Å². The van der Waals surface area contributed by atoms with Crippen LogP contribution in [-0.4, -0.2) is 50.1 Å². The summed E-state index contributed by atoms with van der Waals surface area (Å²) in [5.41, 5.74) is 3.78. The van der Waals surface area contributed by atoms with Crippen molar-refractivity contribution in [1.29, 1.82) is 0 Å². The van der Waals surface area contributed by atoms with Crippen LogP contribution in [0, 0.1) is 0 Å². The fourth-order valence-electron chi connectivity index (χ4n) is 4.22. The Morgan fingerprint density at radius 2 is 1.44 bits per heavy atom. The summed E-state index contributed by atoms with van der Waals surface area (Å²) in [5.74, 6) is 0.283. The third-order valence-electron chi connectivity index (χ3n) is 5.79. The molecule has 2 heterocycles. The molecule has 4 heteroatoms. The van der Waals surface area contributed by atoms with Gasteiger partial charge in [0, 0.05) is 50.5 Å². The summed E-state index contributed by atoms with van der Waals surface area (Å²) in [4.78, 5) is 19.4. The van der Waals surface area contributed by atoms with Gasteiger partial charge in [0.05, 0.1) is 0 Å². The number of nitrogens with zero attached hydrogens (tertiary/aromatic N) is 3. The zero-order valence-electron chi connectivity index (χ0n) is 16.0. The molecule has 2 aliphatic heterocycles. The molecule has 2 aromatic carbocycles. The molecule has 0 unspecified atom stereocenters. The zero-order valence-corrected chi connectivity index (χ0v) is 16.0. The van der Waals surface area contributed by atoms with Gasteiger partial charge in [-0.3, -0.25) is 9.69 Å². The molecule has 0 N–H and O–H groups in total. The minimum Gasteiger partial charge on any atom is -0.369 e. The molecule has 0 radical (unpaired) electrons. The van der Waals surface area contributed by atoms with E-state index in [0.29, 0.717) is 6.42 Å². The number of carbonyl (C=O) groups excluding carboxylic acids is 1. The second-order valence-corrected chi connectivity index (χ2v) is 7.55. The van der Waals surface area contributed by atoms with E-state index >= 15 is 0 Å². The molecular formula is C23H29N3O. The van der Waals surface area contributed by atoms with E-state index in [9.17, 15) is 4.79 Å². The number of aryl methyl sites for hydroxylation is 1. The number of fused-ring (bicyclic) bond motifs is 1. The monoisotopic (exact) mass is 363 g/mol. The van der Waals surface area contributed by atoms with E-state index in [0.717, 1.165) is 64.2 Å². The van der Waals surface area contributed by atoms with E-state index in [-0.39, 0.29) is 5.91 Å². The lowest BCUT2D eigenvalue weighted by Gasteiger charge is -2.36. The predicted molar refractivity (Wildman–Crippen MR) is 111 cm³/mol. The molecular weight excluding hydrogens is 334 g/mol. The Morgan fingerprint density at radius 1 is 0.741 bits per heavy atom. The van der Waals surface area contributed by atoms with Crippen molar-refractivity contribution in [3.8, 4) is 0 Å². The Balaban J connectivity index is 1.21. The third-order valence-corrected chi connectivity index (χ3v) is 5.79. The lowest BCUT2D eigenvalue weighted by molar-refractivity contribution is -0.118. The molecule has 1 fully saturated rings. The van der Waals surface area contributed by atoms with E-state index in [1.807, 2.05) is 11.0 Å². The molecule has 0 aromatic heterocycles. The molecule has 0 atom stereocenters. The first-order chi connectivity index (χ1) is 13.3. The van der Waals surface area contributed by atoms with Gasteiger partial charge in [0.25, 0.3) is 0 Å². The van der Waals surface area contributed by atoms with Crippen molar-refractivity contribution in [3.63, 3.8) is 0 Å². The quantitative estimate of drug-likeness (QED) is 0.734. The second kappa shape index (κ2) is 8.57. The van der Waals surface area contributed by atoms with Crippen molar-refractivity contribution in [2.75, 3.05) is 49.1 Å². The molecule has 27 heavy (non-hydrogen) atoms. The molecule has 1 amide bonds. The van der Waals surface area contributed by atoms with E-state index in [1.165, 1.54) is 11.3 Å². The first kappa shape index (κ1) is 18.1. The highest BCUT2D eigenvalue weighted by Gasteiger charge is 2.23. The smallest absolute Gasteiger partial charge is 0.227 e. The van der Waals surface area contributed by atoms with Crippen LogP contribution >= 0.6 is 0 Å². The summed E-state index contributed by atoms with van der Waals surface area (Å²) in [6.45, 7) is 6.43. The van der Waals surface area contributed by atoms with Crippen molar-refractivity contribution >= 4 is 17.3 Å². The average molecular weight is 364 g/mol. The summed E-state index contributed by atoms with van der Waals surface area (Å²) in [6.07, 6.45) is 3.76. The average Bonchev–Trinajstić information content (AvgIpc) is 2.73. The number of piperazine rings is 1. The van der Waals surface area contributed by atoms with Crippen molar-refractivity contribution in [1.82, 2.24) is 4.90 Å². The van der Waals surface area contributed by atoms with Gasteiger partial charge in [-0.2, -0.15) is 0 Å². The molecule has 0 saturated carbocycles. The number of amides is 1. The Labute approximate surface area is 162 Å². The first-order valence-electron chi connectivity index (χ1n) is 10.2. The van der Waals surface area contributed by atoms with Crippen LogP contribution in [0.2, 0.25) is 0 Å². The summed E-state index contributed by atoms with van der Waals surface area (Å²) in [6, 6.07) is 19.1. The Kier molecular flexibility index (Phi) is 5.73. The van der Waals surface area contributed by atoms with Crippen molar-refractivity contribution in [3.05, 3.63) is 60.2 Å². The van der Waals surface area contributed by atoms with Gasteiger partial charge in [0.2, 0.25) is 5.91 Å². The largest absolute Gasteiger partial charge is 0.369 e. The maximum absolute atomic E-state index is 12.3. The Hall–Kier alpha value is -2.33. The Bertz CT molecular complexity index is 753. The van der Waals surface area contributed by atoms with E-state index in [1.54, 1.807) is 0 Å². The van der Waals surface area contributed by atoms with E-state index in [2.05, 4.69) is 58.3 Å². The molecule has 4 nitrogen and oxygen atoms in total.